The van der Waals surface area contributed by atoms with Gasteiger partial charge >= 0.3 is 0 Å². The molecule has 0 aromatic carbocycles. The number of nitrogens with zero attached hydrogens (tertiary/aromatic N) is 3. The van der Waals surface area contributed by atoms with Gasteiger partial charge in [0.15, 0.2) is 0 Å². The van der Waals surface area contributed by atoms with Crippen LogP contribution in [0.25, 0.3) is 0 Å². The smallest absolute Gasteiger partial charge is 0.223 e. The lowest BCUT2D eigenvalue weighted by Gasteiger charge is -2.22. The number of nitrogens with one attached hydrogen (secondary N) is 1. The van der Waals surface area contributed by atoms with Crippen LogP contribution in [0.1, 0.15) is 12.5 Å². The van der Waals surface area contributed by atoms with Crippen LogP contribution in [0, 0.1) is 5.92 Å². The zero-order chi connectivity index (χ0) is 16.1. The zero-order valence-corrected chi connectivity index (χ0v) is 13.1. The summed E-state index contributed by atoms with van der Waals surface area (Å²) < 4.78 is 0. The van der Waals surface area contributed by atoms with Gasteiger partial charge in [-0.1, -0.05) is 6.07 Å². The standard InChI is InChI=1S/C15H23N5O2/c1-11(21)20-7-6-19(9-13(10-20)14(16)22)8-12-4-3-5-18-15(12)17-2/h3-5,13H,6-10H2,1-2H3,(H2,16,22)(H,17,18)/t13-/m0/s1. The summed E-state index contributed by atoms with van der Waals surface area (Å²) >= 11 is 0. The molecule has 1 saturated heterocycles. The van der Waals surface area contributed by atoms with E-state index in [-0.39, 0.29) is 17.7 Å². The minimum absolute atomic E-state index is 0.0228. The van der Waals surface area contributed by atoms with Gasteiger partial charge in [0, 0.05) is 58.5 Å². The van der Waals surface area contributed by atoms with Crippen molar-refractivity contribution in [3.63, 3.8) is 0 Å². The third-order valence-corrected chi connectivity index (χ3v) is 3.98. The molecule has 1 atom stereocenters. The molecule has 0 radical (unpaired) electrons. The largest absolute Gasteiger partial charge is 0.373 e. The van der Waals surface area contributed by atoms with E-state index in [1.54, 1.807) is 11.1 Å². The van der Waals surface area contributed by atoms with Crippen LogP contribution in [0.4, 0.5) is 5.82 Å². The van der Waals surface area contributed by atoms with E-state index in [0.717, 1.165) is 11.4 Å². The second-order valence-electron chi connectivity index (χ2n) is 5.56. The van der Waals surface area contributed by atoms with Crippen molar-refractivity contribution in [3.8, 4) is 0 Å². The van der Waals surface area contributed by atoms with E-state index in [1.165, 1.54) is 6.92 Å². The second-order valence-corrected chi connectivity index (χ2v) is 5.56. The number of anilines is 1. The fourth-order valence-corrected chi connectivity index (χ4v) is 2.72. The molecule has 120 valence electrons. The predicted octanol–water partition coefficient (Wildman–Crippen LogP) is -0.111. The highest BCUT2D eigenvalue weighted by Gasteiger charge is 2.27. The predicted molar refractivity (Wildman–Crippen MR) is 84.0 cm³/mol. The average molecular weight is 305 g/mol. The Morgan fingerprint density at radius 3 is 2.82 bits per heavy atom. The number of carbonyl (C=O) groups is 2. The van der Waals surface area contributed by atoms with E-state index < -0.39 is 0 Å². The average Bonchev–Trinajstić information content (AvgIpc) is 2.71. The van der Waals surface area contributed by atoms with Gasteiger partial charge in [-0.05, 0) is 6.07 Å². The van der Waals surface area contributed by atoms with Gasteiger partial charge in [-0.25, -0.2) is 4.98 Å². The maximum atomic E-state index is 11.6. The van der Waals surface area contributed by atoms with Crippen molar-refractivity contribution >= 4 is 17.6 Å². The highest BCUT2D eigenvalue weighted by atomic mass is 16.2. The summed E-state index contributed by atoms with van der Waals surface area (Å²) in [7, 11) is 1.83. The molecule has 2 amide bonds. The monoisotopic (exact) mass is 305 g/mol. The topological polar surface area (TPSA) is 91.6 Å². The van der Waals surface area contributed by atoms with Crippen molar-refractivity contribution in [2.45, 2.75) is 13.5 Å². The van der Waals surface area contributed by atoms with E-state index >= 15 is 0 Å². The quantitative estimate of drug-likeness (QED) is 0.810. The number of aromatic nitrogens is 1. The highest BCUT2D eigenvalue weighted by molar-refractivity contribution is 5.79. The summed E-state index contributed by atoms with van der Waals surface area (Å²) in [6.07, 6.45) is 1.74. The van der Waals surface area contributed by atoms with Gasteiger partial charge in [0.25, 0.3) is 0 Å². The Hall–Kier alpha value is -2.15. The van der Waals surface area contributed by atoms with Crippen molar-refractivity contribution in [2.24, 2.45) is 11.7 Å². The van der Waals surface area contributed by atoms with Crippen molar-refractivity contribution < 1.29 is 9.59 Å². The Kier molecular flexibility index (Phi) is 5.32. The number of carbonyl (C=O) groups excluding carboxylic acids is 2. The molecular formula is C15H23N5O2. The van der Waals surface area contributed by atoms with Crippen LogP contribution >= 0.6 is 0 Å². The molecule has 3 N–H and O–H groups in total. The summed E-state index contributed by atoms with van der Waals surface area (Å²) in [5.41, 5.74) is 6.54. The number of hydrogen-bond donors (Lipinski definition) is 2. The third kappa shape index (κ3) is 3.94. The molecule has 2 rings (SSSR count). The van der Waals surface area contributed by atoms with Crippen molar-refractivity contribution in [1.29, 1.82) is 0 Å². The van der Waals surface area contributed by atoms with Gasteiger partial charge in [0.1, 0.15) is 5.82 Å². The lowest BCUT2D eigenvalue weighted by atomic mass is 10.1. The van der Waals surface area contributed by atoms with E-state index in [1.807, 2.05) is 19.2 Å². The number of primary amides is 1. The Morgan fingerprint density at radius 2 is 2.18 bits per heavy atom. The maximum Gasteiger partial charge on any atom is 0.223 e. The Morgan fingerprint density at radius 1 is 1.41 bits per heavy atom. The molecule has 1 fully saturated rings. The van der Waals surface area contributed by atoms with Crippen molar-refractivity contribution in [2.75, 3.05) is 38.5 Å². The molecule has 0 saturated carbocycles. The van der Waals surface area contributed by atoms with Crippen LogP contribution in [0.3, 0.4) is 0 Å². The molecular weight excluding hydrogens is 282 g/mol. The Balaban J connectivity index is 2.13. The molecule has 1 aliphatic heterocycles. The van der Waals surface area contributed by atoms with E-state index in [9.17, 15) is 9.59 Å². The van der Waals surface area contributed by atoms with E-state index in [2.05, 4.69) is 15.2 Å². The summed E-state index contributed by atoms with van der Waals surface area (Å²) in [6, 6.07) is 3.90. The minimum atomic E-state index is -0.363. The molecule has 22 heavy (non-hydrogen) atoms. The van der Waals surface area contributed by atoms with Crippen LogP contribution in [-0.4, -0.2) is 59.8 Å². The summed E-state index contributed by atoms with van der Waals surface area (Å²) in [6.45, 7) is 4.45. The van der Waals surface area contributed by atoms with Crippen LogP contribution in [0.2, 0.25) is 0 Å². The van der Waals surface area contributed by atoms with Crippen LogP contribution in [0.5, 0.6) is 0 Å². The van der Waals surface area contributed by atoms with Gasteiger partial charge in [-0.2, -0.15) is 0 Å². The molecule has 0 spiro atoms. The highest BCUT2D eigenvalue weighted by Crippen LogP contribution is 2.17. The molecule has 1 aromatic heterocycles. The molecule has 1 aromatic rings. The van der Waals surface area contributed by atoms with Crippen molar-refractivity contribution in [1.82, 2.24) is 14.8 Å². The SMILES string of the molecule is CNc1ncccc1CN1CCN(C(C)=O)C[C@@H](C(N)=O)C1. The van der Waals surface area contributed by atoms with E-state index in [4.69, 9.17) is 5.73 Å². The number of amides is 2. The number of pyridine rings is 1. The fourth-order valence-electron chi connectivity index (χ4n) is 2.72. The molecule has 7 heteroatoms. The number of hydrogen-bond acceptors (Lipinski definition) is 5. The van der Waals surface area contributed by atoms with Gasteiger partial charge in [-0.3, -0.25) is 14.5 Å². The van der Waals surface area contributed by atoms with Crippen LogP contribution in [0.15, 0.2) is 18.3 Å². The van der Waals surface area contributed by atoms with Crippen LogP contribution < -0.4 is 11.1 Å². The second kappa shape index (κ2) is 7.22. The first-order valence-electron chi connectivity index (χ1n) is 7.40. The summed E-state index contributed by atoms with van der Waals surface area (Å²) in [5, 5.41) is 3.07. The van der Waals surface area contributed by atoms with E-state index in [0.29, 0.717) is 32.7 Å². The maximum absolute atomic E-state index is 11.6. The zero-order valence-electron chi connectivity index (χ0n) is 13.1. The molecule has 0 unspecified atom stereocenters. The Bertz CT molecular complexity index is 548. The minimum Gasteiger partial charge on any atom is -0.373 e. The van der Waals surface area contributed by atoms with Gasteiger partial charge in [0.2, 0.25) is 11.8 Å². The lowest BCUT2D eigenvalue weighted by Crippen LogP contribution is -2.39. The lowest BCUT2D eigenvalue weighted by molar-refractivity contribution is -0.130. The van der Waals surface area contributed by atoms with Crippen LogP contribution in [-0.2, 0) is 16.1 Å². The molecule has 0 aliphatic carbocycles. The first-order chi connectivity index (χ1) is 10.5. The third-order valence-electron chi connectivity index (χ3n) is 3.98. The first-order valence-corrected chi connectivity index (χ1v) is 7.40. The fraction of sp³-hybridized carbons (Fsp3) is 0.533. The molecule has 1 aliphatic rings. The first kappa shape index (κ1) is 16.2. The molecule has 2 heterocycles. The normalized spacial score (nSPS) is 19.5. The number of nitrogens with two attached hydrogens (primary N) is 1. The summed E-state index contributed by atoms with van der Waals surface area (Å²) in [4.78, 5) is 31.4. The van der Waals surface area contributed by atoms with Gasteiger partial charge < -0.3 is 16.0 Å². The van der Waals surface area contributed by atoms with Crippen molar-refractivity contribution in [3.05, 3.63) is 23.9 Å². The molecule has 0 bridgehead atoms. The summed E-state index contributed by atoms with van der Waals surface area (Å²) in [5.74, 6) is 0.0930. The Labute approximate surface area is 130 Å². The molecule has 7 nitrogen and oxygen atoms in total. The van der Waals surface area contributed by atoms with Gasteiger partial charge in [0.05, 0.1) is 5.92 Å². The number of rotatable bonds is 4. The van der Waals surface area contributed by atoms with Gasteiger partial charge in [-0.15, -0.1) is 0 Å².